The van der Waals surface area contributed by atoms with E-state index >= 15 is 0 Å². The average molecular weight is 501 g/mol. The fourth-order valence-corrected chi connectivity index (χ4v) is 9.23. The number of hydrogen-bond donors (Lipinski definition) is 3. The molecule has 0 aromatic carbocycles. The number of aliphatic hydroxyl groups is 2. The van der Waals surface area contributed by atoms with Gasteiger partial charge in [0.15, 0.2) is 0 Å². The number of fused-ring (bicyclic) bond motifs is 5. The third-order valence-corrected chi connectivity index (χ3v) is 11.3. The minimum Gasteiger partial charge on any atom is -0.438 e. The Morgan fingerprint density at radius 1 is 1.06 bits per heavy atom. The molecule has 0 aromatic heterocycles. The van der Waals surface area contributed by atoms with Crippen LogP contribution in [0, 0.1) is 46.3 Å². The molecule has 4 aliphatic rings. The van der Waals surface area contributed by atoms with E-state index in [0.29, 0.717) is 35.5 Å². The Hall–Kier alpha value is -0.460. The summed E-state index contributed by atoms with van der Waals surface area (Å²) in [7, 11) is -3.65. The third kappa shape index (κ3) is 5.02. The van der Waals surface area contributed by atoms with Gasteiger partial charge in [-0.1, -0.05) is 20.8 Å². The molecule has 0 aromatic rings. The van der Waals surface area contributed by atoms with Gasteiger partial charge in [0.1, 0.15) is 0 Å². The second-order valence-corrected chi connectivity index (χ2v) is 14.4. The van der Waals surface area contributed by atoms with Crippen LogP contribution in [0.25, 0.3) is 0 Å². The van der Waals surface area contributed by atoms with Crippen LogP contribution >= 0.6 is 7.60 Å². The Kier molecular flexibility index (Phi) is 7.65. The molecule has 4 fully saturated rings. The number of esters is 1. The molecule has 0 amide bonds. The van der Waals surface area contributed by atoms with E-state index in [1.165, 1.54) is 6.42 Å². The Morgan fingerprint density at radius 2 is 1.74 bits per heavy atom. The van der Waals surface area contributed by atoms with Gasteiger partial charge < -0.3 is 19.8 Å². The van der Waals surface area contributed by atoms with E-state index < -0.39 is 20.4 Å². The highest BCUT2D eigenvalue weighted by Crippen LogP contribution is 2.68. The summed E-state index contributed by atoms with van der Waals surface area (Å²) >= 11 is 0. The molecule has 1 unspecified atom stereocenters. The quantitative estimate of drug-likeness (QED) is 0.263. The summed E-state index contributed by atoms with van der Waals surface area (Å²) in [4.78, 5) is 21.2. The monoisotopic (exact) mass is 500 g/mol. The first-order valence-corrected chi connectivity index (χ1v) is 15.3. The van der Waals surface area contributed by atoms with E-state index in [4.69, 9.17) is 9.63 Å². The van der Waals surface area contributed by atoms with Gasteiger partial charge in [-0.05, 0) is 104 Å². The number of hydrogen-bond acceptors (Lipinski definition) is 6. The normalized spacial score (nSPS) is 46.5. The zero-order valence-electron chi connectivity index (χ0n) is 21.3. The standard InChI is InChI=1S/C26H45O7P/c1-16(5-8-23(29)32-15-33-34(4,30)31)19-6-7-20-24-21(10-12-26(19,20)3)25(2)11-9-18(27)13-17(25)14-22(24)28/h16-22,24,27-28H,5-15H2,1-4H3,(H,30,31)/t16-,17+,18-,19-,20+,21+,22+,24+,25+,26-/m1/s1. The Labute approximate surface area is 204 Å². The summed E-state index contributed by atoms with van der Waals surface area (Å²) in [6.45, 7) is 7.68. The van der Waals surface area contributed by atoms with Gasteiger partial charge in [-0.2, -0.15) is 0 Å². The highest BCUT2D eigenvalue weighted by atomic mass is 31.2. The molecule has 7 nitrogen and oxygen atoms in total. The molecule has 4 saturated carbocycles. The van der Waals surface area contributed by atoms with Gasteiger partial charge in [-0.25, -0.2) is 0 Å². The molecule has 0 saturated heterocycles. The summed E-state index contributed by atoms with van der Waals surface area (Å²) in [6, 6.07) is 0. The molecule has 0 spiro atoms. The maximum Gasteiger partial charge on any atom is 0.327 e. The van der Waals surface area contributed by atoms with Crippen LogP contribution in [0.1, 0.15) is 85.0 Å². The molecule has 4 aliphatic carbocycles. The Balaban J connectivity index is 1.38. The molecule has 196 valence electrons. The van der Waals surface area contributed by atoms with Crippen LogP contribution in [-0.2, 0) is 18.6 Å². The van der Waals surface area contributed by atoms with E-state index in [1.54, 1.807) is 0 Å². The van der Waals surface area contributed by atoms with Crippen LogP contribution in [0.4, 0.5) is 0 Å². The first-order chi connectivity index (χ1) is 15.8. The predicted octanol–water partition coefficient (Wildman–Crippen LogP) is 4.73. The molecule has 11 atom stereocenters. The summed E-state index contributed by atoms with van der Waals surface area (Å²) in [5.74, 6) is 2.31. The number of carbonyl (C=O) groups is 1. The fraction of sp³-hybridized carbons (Fsp3) is 0.962. The van der Waals surface area contributed by atoms with Crippen molar-refractivity contribution in [2.24, 2.45) is 46.3 Å². The first-order valence-electron chi connectivity index (χ1n) is 13.3. The maximum absolute atomic E-state index is 12.1. The van der Waals surface area contributed by atoms with Crippen molar-refractivity contribution in [2.75, 3.05) is 13.5 Å². The highest BCUT2D eigenvalue weighted by molar-refractivity contribution is 7.51. The molecule has 34 heavy (non-hydrogen) atoms. The lowest BCUT2D eigenvalue weighted by Crippen LogP contribution is -2.58. The molecule has 8 heteroatoms. The summed E-state index contributed by atoms with van der Waals surface area (Å²) in [5.41, 5.74) is 0.411. The lowest BCUT2D eigenvalue weighted by Gasteiger charge is -2.62. The summed E-state index contributed by atoms with van der Waals surface area (Å²) in [5, 5.41) is 21.6. The predicted molar refractivity (Wildman–Crippen MR) is 129 cm³/mol. The maximum atomic E-state index is 12.1. The largest absolute Gasteiger partial charge is 0.438 e. The van der Waals surface area contributed by atoms with Crippen molar-refractivity contribution >= 4 is 13.6 Å². The fourth-order valence-electron chi connectivity index (χ4n) is 8.98. The summed E-state index contributed by atoms with van der Waals surface area (Å²) in [6.07, 6.45) is 8.76. The molecule has 4 rings (SSSR count). The van der Waals surface area contributed by atoms with Crippen molar-refractivity contribution in [3.8, 4) is 0 Å². The van der Waals surface area contributed by atoms with E-state index in [0.717, 1.165) is 58.0 Å². The van der Waals surface area contributed by atoms with Gasteiger partial charge in [-0.3, -0.25) is 13.9 Å². The minimum absolute atomic E-state index is 0.178. The zero-order valence-corrected chi connectivity index (χ0v) is 22.2. The minimum atomic E-state index is -3.65. The van der Waals surface area contributed by atoms with Gasteiger partial charge in [0.05, 0.1) is 12.2 Å². The van der Waals surface area contributed by atoms with Crippen LogP contribution in [0.5, 0.6) is 0 Å². The van der Waals surface area contributed by atoms with E-state index in [9.17, 15) is 19.6 Å². The zero-order chi connectivity index (χ0) is 24.9. The van der Waals surface area contributed by atoms with Crippen molar-refractivity contribution in [2.45, 2.75) is 97.2 Å². The second kappa shape index (κ2) is 9.78. The Bertz CT molecular complexity index is 798. The van der Waals surface area contributed by atoms with Gasteiger partial charge in [-0.15, -0.1) is 0 Å². The molecule has 0 aliphatic heterocycles. The molecular weight excluding hydrogens is 455 g/mol. The van der Waals surface area contributed by atoms with Crippen molar-refractivity contribution in [3.05, 3.63) is 0 Å². The third-order valence-electron chi connectivity index (χ3n) is 10.7. The van der Waals surface area contributed by atoms with Gasteiger partial charge in [0, 0.05) is 13.1 Å². The molecule has 3 N–H and O–H groups in total. The first kappa shape index (κ1) is 26.6. The summed E-state index contributed by atoms with van der Waals surface area (Å²) < 4.78 is 20.8. The van der Waals surface area contributed by atoms with Crippen molar-refractivity contribution in [1.29, 1.82) is 0 Å². The van der Waals surface area contributed by atoms with Gasteiger partial charge in [0.2, 0.25) is 6.79 Å². The number of ether oxygens (including phenoxy) is 1. The Morgan fingerprint density at radius 3 is 2.44 bits per heavy atom. The molecule has 0 bridgehead atoms. The van der Waals surface area contributed by atoms with Crippen LogP contribution < -0.4 is 0 Å². The van der Waals surface area contributed by atoms with Gasteiger partial charge in [0.25, 0.3) is 0 Å². The SMILES string of the molecule is C[C@H](CCC(=O)OCOP(C)(=O)O)[C@H]1CC[C@H]2[C@@H]3[C@@H](O)C[C@@H]4C[C@H](O)CC[C@]4(C)[C@H]3CC[C@]12C. The van der Waals surface area contributed by atoms with Crippen molar-refractivity contribution < 1.29 is 33.7 Å². The average Bonchev–Trinajstić information content (AvgIpc) is 3.09. The van der Waals surface area contributed by atoms with Crippen LogP contribution in [-0.4, -0.2) is 46.7 Å². The lowest BCUT2D eigenvalue weighted by molar-refractivity contribution is -0.174. The van der Waals surface area contributed by atoms with Gasteiger partial charge >= 0.3 is 13.6 Å². The molecule has 0 heterocycles. The highest BCUT2D eigenvalue weighted by Gasteiger charge is 2.62. The van der Waals surface area contributed by atoms with E-state index in [-0.39, 0.29) is 29.5 Å². The number of aliphatic hydroxyl groups excluding tert-OH is 2. The van der Waals surface area contributed by atoms with Crippen molar-refractivity contribution in [1.82, 2.24) is 0 Å². The lowest BCUT2D eigenvalue weighted by atomic mass is 9.43. The van der Waals surface area contributed by atoms with Crippen molar-refractivity contribution in [3.63, 3.8) is 0 Å². The van der Waals surface area contributed by atoms with E-state index in [1.807, 2.05) is 0 Å². The number of rotatable bonds is 7. The smallest absolute Gasteiger partial charge is 0.327 e. The molecule has 0 radical (unpaired) electrons. The van der Waals surface area contributed by atoms with Crippen LogP contribution in [0.3, 0.4) is 0 Å². The molecular formula is C26H45O7P. The second-order valence-electron chi connectivity index (χ2n) is 12.5. The van der Waals surface area contributed by atoms with E-state index in [2.05, 4.69) is 25.3 Å². The van der Waals surface area contributed by atoms with Crippen LogP contribution in [0.15, 0.2) is 0 Å². The topological polar surface area (TPSA) is 113 Å². The number of carbonyl (C=O) groups excluding carboxylic acids is 1. The van der Waals surface area contributed by atoms with Crippen LogP contribution in [0.2, 0.25) is 0 Å².